The van der Waals surface area contributed by atoms with Crippen LogP contribution in [0.2, 0.25) is 0 Å². The van der Waals surface area contributed by atoms with Crippen LogP contribution < -0.4 is 38.1 Å². The summed E-state index contributed by atoms with van der Waals surface area (Å²) in [7, 11) is 0. The van der Waals surface area contributed by atoms with Crippen molar-refractivity contribution in [3.8, 4) is 71.0 Å². The van der Waals surface area contributed by atoms with Gasteiger partial charge in [0.15, 0.2) is 16.8 Å². The first kappa shape index (κ1) is 80.9. The van der Waals surface area contributed by atoms with Crippen LogP contribution in [0.5, 0.6) is 0 Å². The molecule has 0 spiro atoms. The lowest BCUT2D eigenvalue weighted by molar-refractivity contribution is -0.169. The van der Waals surface area contributed by atoms with Crippen LogP contribution in [-0.4, -0.2) is 122 Å². The number of hydroxylamine groups is 3. The van der Waals surface area contributed by atoms with Gasteiger partial charge in [0.25, 0.3) is 54.7 Å². The molecule has 0 heterocycles. The highest BCUT2D eigenvalue weighted by Gasteiger charge is 2.49. The second-order valence-electron chi connectivity index (χ2n) is 24.0. The molecule has 97 heavy (non-hydrogen) atoms. The Bertz CT molecular complexity index is 3830. The molecule has 6 atom stereocenters. The van der Waals surface area contributed by atoms with Gasteiger partial charge in [-0.3, -0.25) is 38.8 Å². The van der Waals surface area contributed by atoms with E-state index in [0.29, 0.717) is 48.6 Å². The summed E-state index contributed by atoms with van der Waals surface area (Å²) in [4.78, 5) is 90.8. The van der Waals surface area contributed by atoms with Gasteiger partial charge in [0.2, 0.25) is 5.91 Å². The van der Waals surface area contributed by atoms with Crippen molar-refractivity contribution < 1.29 is 98.5 Å². The fourth-order valence-electron chi connectivity index (χ4n) is 7.64. The maximum atomic E-state index is 13.8. The molecule has 0 bridgehead atoms. The third-order valence-corrected chi connectivity index (χ3v) is 13.3. The second-order valence-corrected chi connectivity index (χ2v) is 24.0. The van der Waals surface area contributed by atoms with E-state index < -0.39 is 102 Å². The van der Waals surface area contributed by atoms with Gasteiger partial charge in [0.05, 0.1) is 0 Å². The highest BCUT2D eigenvalue weighted by atomic mass is 19.4. The zero-order valence-corrected chi connectivity index (χ0v) is 53.6. The predicted molar refractivity (Wildman–Crippen MR) is 335 cm³/mol. The van der Waals surface area contributed by atoms with E-state index in [1.165, 1.54) is 95.9 Å². The minimum atomic E-state index is -4.54. The number of alkyl halides is 9. The number of carbonyl (C=O) groups is 7. The number of nitrogens with one attached hydrogen (secondary N) is 6. The van der Waals surface area contributed by atoms with E-state index in [9.17, 15) is 88.4 Å². The molecule has 1 fully saturated rings. The molecule has 0 unspecified atom stereocenters. The number of aliphatic hydroxyl groups is 3. The third kappa shape index (κ3) is 27.5. The van der Waals surface area contributed by atoms with Gasteiger partial charge in [-0.25, -0.2) is 42.8 Å². The third-order valence-electron chi connectivity index (χ3n) is 13.3. The molecule has 0 aliphatic heterocycles. The largest absolute Gasteiger partial charge is 0.458 e. The topological polar surface area (TPSA) is 308 Å². The fourth-order valence-corrected chi connectivity index (χ4v) is 7.64. The van der Waals surface area contributed by atoms with Gasteiger partial charge in [-0.2, -0.15) is 18.1 Å². The van der Waals surface area contributed by atoms with Crippen molar-refractivity contribution >= 4 is 41.4 Å². The van der Waals surface area contributed by atoms with Crippen molar-refractivity contribution in [2.75, 3.05) is 0 Å². The molecule has 4 aromatic carbocycles. The molecular weight excluding hydrogens is 1290 g/mol. The first-order valence-electron chi connectivity index (χ1n) is 29.0. The van der Waals surface area contributed by atoms with Gasteiger partial charge >= 0.3 is 6.18 Å². The number of nitrogens with two attached hydrogens (primary N) is 1. The number of primary amides is 1. The Hall–Kier alpha value is -10.3. The van der Waals surface area contributed by atoms with Crippen molar-refractivity contribution in [1.29, 1.82) is 0 Å². The molecule has 19 nitrogen and oxygen atoms in total. The molecule has 7 amide bonds. The summed E-state index contributed by atoms with van der Waals surface area (Å²) in [5.41, 5.74) is 1.89. The number of benzene rings is 4. The maximum absolute atomic E-state index is 13.8. The lowest BCUT2D eigenvalue weighted by Gasteiger charge is -2.32. The number of amides is 7. The van der Waals surface area contributed by atoms with Crippen molar-refractivity contribution in [3.63, 3.8) is 0 Å². The molecule has 12 N–H and O–H groups in total. The fraction of sp³-hybridized carbons (Fsp3) is 0.377. The highest BCUT2D eigenvalue weighted by molar-refractivity contribution is 6.00. The molecule has 1 aliphatic rings. The molecule has 516 valence electrons. The zero-order chi connectivity index (χ0) is 73.3. The van der Waals surface area contributed by atoms with E-state index in [0.717, 1.165) is 37.1 Å². The van der Waals surface area contributed by atoms with E-state index in [2.05, 4.69) is 64.1 Å². The number of carbonyl (C=O) groups excluding carboxylic acids is 7. The van der Waals surface area contributed by atoms with E-state index >= 15 is 0 Å². The van der Waals surface area contributed by atoms with Gasteiger partial charge in [-0.15, -0.1) is 0 Å². The summed E-state index contributed by atoms with van der Waals surface area (Å²) in [6.07, 6.45) is -10.8. The quantitative estimate of drug-likeness (QED) is 0.0207. The molecular formula is C69H70F9N7O12. The van der Waals surface area contributed by atoms with Crippen LogP contribution in [0, 0.1) is 87.8 Å². The summed E-state index contributed by atoms with van der Waals surface area (Å²) in [6.45, 7) is 13.4. The Morgan fingerprint density at radius 1 is 0.454 bits per heavy atom. The van der Waals surface area contributed by atoms with Gasteiger partial charge < -0.3 is 37.0 Å². The molecule has 0 saturated heterocycles. The SMILES string of the molecule is CC(C)(C)C#CC#Cc1ccc(C(=O)N[C@H](C(=O)NONC(=O)[C@@H](NC(=O)c2ccc(C#CC3CCCC3)cc2)[C@](C)(O)C(F)F)[C@](C)(O)C(F)F)cc1.CC(C)(C)C#Cc1ccc(C(=O)N[C@H](C(=O)NO)[C@](C)(O)C(F)F)cc1.NC(=O)c1ccc(C#CC#CC(F)(F)F)cc1. The molecule has 28 heteroatoms. The van der Waals surface area contributed by atoms with Crippen LogP contribution in [0.25, 0.3) is 0 Å². The lowest BCUT2D eigenvalue weighted by atomic mass is 9.95. The standard InChI is InChI=1S/C39H42F4N4O7.C18H22F2N2O4.C12H6F3NO/c1-37(2,3)23-9-8-12-25-15-19-27(20-16-25)31(48)44-29(38(4,52)35(40)41)33(50)46-54-47-34(51)30(39(5,53)36(42)43)45-32(49)28-21-17-26(18-22-28)14-13-24-10-6-7-11-24;1-17(2,3)10-9-11-5-7-12(8-6-11)14(23)21-13(15(24)22-26)18(4,25)16(19)20;13-12(14,15)8-2-1-3-9-4-6-10(7-5-9)11(16)17/h15-22,24,29-30,35-36,52-53H,6-7,10-11H2,1-5H3,(H,44,48)(H,45,49)(H,46,50)(H,47,51);5-8,13,16,25-26H,1-4H3,(H,21,23)(H,22,24);4-7H,(H2,16,17)/t29-,30-,38+,39+;13-,18+;/m11./s1. The average molecular weight is 1360 g/mol. The average Bonchev–Trinajstić information content (AvgIpc) is 1.22. The van der Waals surface area contributed by atoms with E-state index in [1.807, 2.05) is 57.5 Å². The molecule has 1 saturated carbocycles. The minimum Gasteiger partial charge on any atom is -0.381 e. The Morgan fingerprint density at radius 3 is 1.07 bits per heavy atom. The smallest absolute Gasteiger partial charge is 0.381 e. The maximum Gasteiger partial charge on any atom is 0.458 e. The molecule has 5 rings (SSSR count). The summed E-state index contributed by atoms with van der Waals surface area (Å²) < 4.78 is 116. The normalized spacial score (nSPS) is 14.6. The summed E-state index contributed by atoms with van der Waals surface area (Å²) in [6, 6.07) is 16.1. The van der Waals surface area contributed by atoms with Crippen LogP contribution in [0.4, 0.5) is 39.5 Å². The van der Waals surface area contributed by atoms with Crippen LogP contribution in [0.15, 0.2) is 97.1 Å². The van der Waals surface area contributed by atoms with Gasteiger partial charge in [0, 0.05) is 67.2 Å². The second kappa shape index (κ2) is 36.0. The minimum absolute atomic E-state index is 0.0701. The summed E-state index contributed by atoms with van der Waals surface area (Å²) >= 11 is 0. The lowest BCUT2D eigenvalue weighted by Crippen LogP contribution is -2.64. The Balaban J connectivity index is 0.000000466. The Kier molecular flexibility index (Phi) is 30.0. The van der Waals surface area contributed by atoms with Crippen LogP contribution >= 0.6 is 0 Å². The van der Waals surface area contributed by atoms with Crippen molar-refractivity contribution in [3.05, 3.63) is 142 Å². The Labute approximate surface area is 553 Å². The first-order chi connectivity index (χ1) is 45.0. The van der Waals surface area contributed by atoms with Crippen molar-refractivity contribution in [2.45, 2.75) is 148 Å². The van der Waals surface area contributed by atoms with Crippen LogP contribution in [-0.2, 0) is 19.3 Å². The highest BCUT2D eigenvalue weighted by Crippen LogP contribution is 2.26. The number of hydrogen-bond acceptors (Lipinski definition) is 12. The van der Waals surface area contributed by atoms with Crippen molar-refractivity contribution in [2.24, 2.45) is 22.5 Å². The van der Waals surface area contributed by atoms with E-state index in [4.69, 9.17) is 10.9 Å². The predicted octanol–water partition coefficient (Wildman–Crippen LogP) is 7.04. The zero-order valence-electron chi connectivity index (χ0n) is 53.6. The van der Waals surface area contributed by atoms with Crippen LogP contribution in [0.3, 0.4) is 0 Å². The van der Waals surface area contributed by atoms with E-state index in [1.54, 1.807) is 18.1 Å². The number of hydrogen-bond donors (Lipinski definition) is 11. The summed E-state index contributed by atoms with van der Waals surface area (Å²) in [5.74, 6) is 22.6. The Morgan fingerprint density at radius 2 is 0.763 bits per heavy atom. The molecule has 1 aliphatic carbocycles. The van der Waals surface area contributed by atoms with Crippen molar-refractivity contribution in [1.82, 2.24) is 32.4 Å². The van der Waals surface area contributed by atoms with Gasteiger partial charge in [-0.1, -0.05) is 54.3 Å². The number of rotatable bonds is 18. The molecule has 0 radical (unpaired) electrons. The number of halogens is 9. The van der Waals surface area contributed by atoms with Crippen LogP contribution in [0.1, 0.15) is 152 Å². The van der Waals surface area contributed by atoms with E-state index in [-0.39, 0.29) is 33.4 Å². The monoisotopic (exact) mass is 1360 g/mol. The first-order valence-corrected chi connectivity index (χ1v) is 29.0. The summed E-state index contributed by atoms with van der Waals surface area (Å²) in [5, 5.41) is 45.3. The molecule has 4 aromatic rings. The van der Waals surface area contributed by atoms with Gasteiger partial charge in [0.1, 0.15) is 18.1 Å². The van der Waals surface area contributed by atoms with Gasteiger partial charge in [-0.05, 0) is 196 Å². The molecule has 0 aromatic heterocycles.